The zero-order chi connectivity index (χ0) is 22.4. The zero-order valence-electron chi connectivity index (χ0n) is 16.2. The smallest absolute Gasteiger partial charge is 0.276 e. The summed E-state index contributed by atoms with van der Waals surface area (Å²) in [5.74, 6) is 0.572. The molecule has 0 atom stereocenters. The molecule has 31 heavy (non-hydrogen) atoms. The molecule has 3 aromatic carbocycles. The molecule has 0 amide bonds. The number of ether oxygens (including phenoxy) is 1. The molecule has 0 fully saturated rings. The van der Waals surface area contributed by atoms with E-state index < -0.39 is 14.9 Å². The second kappa shape index (κ2) is 9.06. The number of nitro benzene ring substituents is 1. The number of non-ortho nitro benzene ring substituents is 1. The Bertz CT molecular complexity index is 1280. The number of nitrogens with zero attached hydrogens (tertiary/aromatic N) is 3. The Kier molecular flexibility index (Phi) is 6.28. The van der Waals surface area contributed by atoms with Gasteiger partial charge in [0.25, 0.3) is 15.7 Å². The third-order valence-electron chi connectivity index (χ3n) is 4.12. The van der Waals surface area contributed by atoms with Crippen molar-refractivity contribution in [3.8, 4) is 17.6 Å². The summed E-state index contributed by atoms with van der Waals surface area (Å²) in [6, 6.07) is 18.4. The first-order valence-electron chi connectivity index (χ1n) is 8.86. The molecule has 0 heterocycles. The van der Waals surface area contributed by atoms with Crippen molar-refractivity contribution in [1.29, 1.82) is 5.26 Å². The molecule has 10 heteroatoms. The van der Waals surface area contributed by atoms with Crippen molar-refractivity contribution >= 4 is 21.9 Å². The average molecular weight is 436 g/mol. The number of hydrogen-bond acceptors (Lipinski definition) is 7. The van der Waals surface area contributed by atoms with Crippen LogP contribution in [0.15, 0.2) is 76.7 Å². The van der Waals surface area contributed by atoms with Gasteiger partial charge >= 0.3 is 0 Å². The molecule has 0 aliphatic rings. The van der Waals surface area contributed by atoms with Crippen LogP contribution in [0.4, 0.5) is 5.69 Å². The largest absolute Gasteiger partial charge is 0.456 e. The Morgan fingerprint density at radius 3 is 2.39 bits per heavy atom. The molecule has 156 valence electrons. The average Bonchev–Trinajstić information content (AvgIpc) is 2.75. The summed E-state index contributed by atoms with van der Waals surface area (Å²) in [7, 11) is -3.76. The molecule has 0 saturated heterocycles. The maximum absolute atomic E-state index is 12.2. The van der Waals surface area contributed by atoms with E-state index in [4.69, 9.17) is 4.74 Å². The molecule has 3 rings (SSSR count). The minimum atomic E-state index is -3.76. The lowest BCUT2D eigenvalue weighted by molar-refractivity contribution is -0.384. The van der Waals surface area contributed by atoms with Crippen molar-refractivity contribution < 1.29 is 18.1 Å². The number of rotatable bonds is 7. The van der Waals surface area contributed by atoms with E-state index in [2.05, 4.69) is 9.93 Å². The van der Waals surface area contributed by atoms with Gasteiger partial charge in [-0.05, 0) is 55.0 Å². The molecule has 0 unspecified atom stereocenters. The lowest BCUT2D eigenvalue weighted by atomic mass is 10.2. The summed E-state index contributed by atoms with van der Waals surface area (Å²) >= 11 is 0. The van der Waals surface area contributed by atoms with Gasteiger partial charge in [0.2, 0.25) is 0 Å². The summed E-state index contributed by atoms with van der Waals surface area (Å²) in [5.41, 5.74) is 1.37. The Labute approximate surface area is 178 Å². The molecule has 0 radical (unpaired) electrons. The van der Waals surface area contributed by atoms with Crippen LogP contribution in [0.25, 0.3) is 0 Å². The van der Waals surface area contributed by atoms with Crippen molar-refractivity contribution in [2.24, 2.45) is 5.10 Å². The van der Waals surface area contributed by atoms with Gasteiger partial charge in [-0.25, -0.2) is 4.83 Å². The van der Waals surface area contributed by atoms with Crippen LogP contribution in [0.1, 0.15) is 16.7 Å². The first kappa shape index (κ1) is 21.5. The number of aryl methyl sites for hydroxylation is 1. The minimum absolute atomic E-state index is 0.0327. The van der Waals surface area contributed by atoms with E-state index in [1.54, 1.807) is 36.4 Å². The molecular formula is C21H16N4O5S. The predicted molar refractivity (Wildman–Crippen MR) is 113 cm³/mol. The number of nitro groups is 1. The van der Waals surface area contributed by atoms with Gasteiger partial charge in [-0.15, -0.1) is 0 Å². The Morgan fingerprint density at radius 2 is 1.77 bits per heavy atom. The third kappa shape index (κ3) is 5.43. The maximum Gasteiger partial charge on any atom is 0.276 e. The topological polar surface area (TPSA) is 135 Å². The normalized spacial score (nSPS) is 11.1. The van der Waals surface area contributed by atoms with Gasteiger partial charge in [-0.1, -0.05) is 17.7 Å². The Morgan fingerprint density at radius 1 is 1.10 bits per heavy atom. The minimum Gasteiger partial charge on any atom is -0.456 e. The first-order valence-corrected chi connectivity index (χ1v) is 10.3. The lowest BCUT2D eigenvalue weighted by Gasteiger charge is -2.07. The van der Waals surface area contributed by atoms with Gasteiger partial charge < -0.3 is 4.74 Å². The summed E-state index contributed by atoms with van der Waals surface area (Å²) < 4.78 is 30.0. The SMILES string of the molecule is Cc1ccc(S(=O)(=O)N/N=C\c2ccc(Oc3ccc([N+](=O)[O-])cc3C#N)cc2)cc1. The highest BCUT2D eigenvalue weighted by molar-refractivity contribution is 7.89. The summed E-state index contributed by atoms with van der Waals surface area (Å²) in [4.78, 5) is 12.5. The van der Waals surface area contributed by atoms with Crippen LogP contribution in [0.5, 0.6) is 11.5 Å². The van der Waals surface area contributed by atoms with Crippen LogP contribution in [-0.2, 0) is 10.0 Å². The fourth-order valence-corrected chi connectivity index (χ4v) is 3.29. The third-order valence-corrected chi connectivity index (χ3v) is 5.36. The number of hydrogen-bond donors (Lipinski definition) is 1. The fraction of sp³-hybridized carbons (Fsp3) is 0.0476. The summed E-state index contributed by atoms with van der Waals surface area (Å²) in [6.45, 7) is 1.86. The van der Waals surface area contributed by atoms with E-state index in [0.29, 0.717) is 11.3 Å². The predicted octanol–water partition coefficient (Wildman–Crippen LogP) is 3.88. The van der Waals surface area contributed by atoms with Gasteiger partial charge in [0, 0.05) is 12.1 Å². The fourth-order valence-electron chi connectivity index (χ4n) is 2.50. The van der Waals surface area contributed by atoms with Crippen molar-refractivity contribution in [2.45, 2.75) is 11.8 Å². The highest BCUT2D eigenvalue weighted by Crippen LogP contribution is 2.28. The Hall–Kier alpha value is -4.23. The molecular weight excluding hydrogens is 420 g/mol. The second-order valence-electron chi connectivity index (χ2n) is 6.39. The lowest BCUT2D eigenvalue weighted by Crippen LogP contribution is -2.18. The van der Waals surface area contributed by atoms with Crippen molar-refractivity contribution in [1.82, 2.24) is 4.83 Å². The molecule has 3 aromatic rings. The van der Waals surface area contributed by atoms with E-state index in [0.717, 1.165) is 11.6 Å². The van der Waals surface area contributed by atoms with E-state index in [-0.39, 0.29) is 21.9 Å². The van der Waals surface area contributed by atoms with Gasteiger partial charge in [0.15, 0.2) is 0 Å². The molecule has 9 nitrogen and oxygen atoms in total. The quantitative estimate of drug-likeness (QED) is 0.339. The molecule has 0 aliphatic heterocycles. The van der Waals surface area contributed by atoms with Crippen LogP contribution < -0.4 is 9.57 Å². The molecule has 0 aromatic heterocycles. The number of sulfonamides is 1. The monoisotopic (exact) mass is 436 g/mol. The van der Waals surface area contributed by atoms with Crippen LogP contribution >= 0.6 is 0 Å². The highest BCUT2D eigenvalue weighted by atomic mass is 32.2. The second-order valence-corrected chi connectivity index (χ2v) is 8.05. The van der Waals surface area contributed by atoms with Gasteiger partial charge in [0.1, 0.15) is 23.1 Å². The van der Waals surface area contributed by atoms with Gasteiger partial charge in [-0.3, -0.25) is 10.1 Å². The highest BCUT2D eigenvalue weighted by Gasteiger charge is 2.13. The van der Waals surface area contributed by atoms with Crippen LogP contribution in [-0.4, -0.2) is 19.6 Å². The first-order chi connectivity index (χ1) is 14.8. The van der Waals surface area contributed by atoms with Crippen molar-refractivity contribution in [2.75, 3.05) is 0 Å². The molecule has 1 N–H and O–H groups in total. The van der Waals surface area contributed by atoms with Gasteiger partial charge in [0.05, 0.1) is 16.0 Å². The standard InChI is InChI=1S/C21H16N4O5S/c1-15-2-9-20(10-3-15)31(28,29)24-23-14-16-4-7-19(8-5-16)30-21-11-6-18(25(26)27)12-17(21)13-22/h2-12,14,24H,1H3/b23-14-. The van der Waals surface area contributed by atoms with E-state index in [9.17, 15) is 23.8 Å². The molecule has 0 spiro atoms. The van der Waals surface area contributed by atoms with E-state index in [1.165, 1.54) is 30.5 Å². The number of hydrazone groups is 1. The Balaban J connectivity index is 1.67. The van der Waals surface area contributed by atoms with Crippen LogP contribution in [0.2, 0.25) is 0 Å². The van der Waals surface area contributed by atoms with Crippen LogP contribution in [0, 0.1) is 28.4 Å². The van der Waals surface area contributed by atoms with E-state index >= 15 is 0 Å². The molecule has 0 aliphatic carbocycles. The summed E-state index contributed by atoms with van der Waals surface area (Å²) in [6.07, 6.45) is 1.34. The van der Waals surface area contributed by atoms with Crippen molar-refractivity contribution in [3.63, 3.8) is 0 Å². The van der Waals surface area contributed by atoms with E-state index in [1.807, 2.05) is 13.0 Å². The number of nitriles is 1. The van der Waals surface area contributed by atoms with Gasteiger partial charge in [-0.2, -0.15) is 18.8 Å². The maximum atomic E-state index is 12.2. The molecule has 0 bridgehead atoms. The number of nitrogens with one attached hydrogen (secondary N) is 1. The number of benzene rings is 3. The van der Waals surface area contributed by atoms with Crippen LogP contribution in [0.3, 0.4) is 0 Å². The summed E-state index contributed by atoms with van der Waals surface area (Å²) in [5, 5.41) is 23.8. The zero-order valence-corrected chi connectivity index (χ0v) is 17.0. The molecule has 0 saturated carbocycles. The van der Waals surface area contributed by atoms with Crippen molar-refractivity contribution in [3.05, 3.63) is 93.5 Å².